The Morgan fingerprint density at radius 2 is 1.17 bits per heavy atom. The normalized spacial score (nSPS) is 11.5. The van der Waals surface area contributed by atoms with Crippen LogP contribution in [0.5, 0.6) is 0 Å². The highest BCUT2D eigenvalue weighted by Gasteiger charge is 2.23. The molecule has 0 aliphatic carbocycles. The van der Waals surface area contributed by atoms with Crippen molar-refractivity contribution in [2.75, 3.05) is 0 Å². The van der Waals surface area contributed by atoms with Gasteiger partial charge in [0, 0.05) is 0 Å². The minimum Gasteiger partial charge on any atom is -0.0776 e. The molecular weight excluding hydrogens is 144 g/mol. The SMILES string of the molecule is C.C.CCC(C)(C)CC(C)(C)C. The second-order valence-electron chi connectivity index (χ2n) is 5.26. The maximum Gasteiger partial charge on any atom is -0.0352 e. The van der Waals surface area contributed by atoms with E-state index in [1.54, 1.807) is 0 Å². The van der Waals surface area contributed by atoms with Crippen molar-refractivity contribution in [1.82, 2.24) is 0 Å². The zero-order valence-electron chi connectivity index (χ0n) is 8.41. The van der Waals surface area contributed by atoms with E-state index < -0.39 is 0 Å². The molecular formula is C12H30. The molecule has 0 unspecified atom stereocenters. The smallest absolute Gasteiger partial charge is 0.0352 e. The molecule has 0 N–H and O–H groups in total. The standard InChI is InChI=1S/C10H22.2CH4/c1-7-10(5,6)8-9(2,3)4;;/h7-8H2,1-6H3;2*1H4. The molecule has 0 rings (SSSR count). The first kappa shape index (κ1) is 17.9. The Kier molecular flexibility index (Phi) is 8.38. The first-order valence-corrected chi connectivity index (χ1v) is 4.27. The Labute approximate surface area is 80.8 Å². The van der Waals surface area contributed by atoms with Crippen LogP contribution < -0.4 is 0 Å². The van der Waals surface area contributed by atoms with Gasteiger partial charge in [0.25, 0.3) is 0 Å². The average Bonchev–Trinajstić information content (AvgIpc) is 1.60. The first-order chi connectivity index (χ1) is 4.27. The molecule has 0 heterocycles. The van der Waals surface area contributed by atoms with E-state index in [1.807, 2.05) is 0 Å². The molecule has 0 aromatic carbocycles. The Morgan fingerprint density at radius 1 is 0.833 bits per heavy atom. The van der Waals surface area contributed by atoms with Gasteiger partial charge >= 0.3 is 0 Å². The fourth-order valence-electron chi connectivity index (χ4n) is 1.56. The van der Waals surface area contributed by atoms with Crippen LogP contribution in [0.2, 0.25) is 0 Å². The summed E-state index contributed by atoms with van der Waals surface area (Å²) >= 11 is 0. The number of hydrogen-bond acceptors (Lipinski definition) is 0. The third-order valence-corrected chi connectivity index (χ3v) is 1.97. The van der Waals surface area contributed by atoms with Crippen LogP contribution >= 0.6 is 0 Å². The fourth-order valence-corrected chi connectivity index (χ4v) is 1.56. The van der Waals surface area contributed by atoms with Crippen LogP contribution in [0, 0.1) is 10.8 Å². The van der Waals surface area contributed by atoms with E-state index in [4.69, 9.17) is 0 Å². The third-order valence-electron chi connectivity index (χ3n) is 1.97. The predicted octanol–water partition coefficient (Wildman–Crippen LogP) is 5.13. The molecule has 0 radical (unpaired) electrons. The maximum atomic E-state index is 2.35. The minimum atomic E-state index is 0. The third kappa shape index (κ3) is 10.0. The van der Waals surface area contributed by atoms with E-state index >= 15 is 0 Å². The van der Waals surface area contributed by atoms with Crippen molar-refractivity contribution in [1.29, 1.82) is 0 Å². The van der Waals surface area contributed by atoms with Crippen LogP contribution in [-0.2, 0) is 0 Å². The lowest BCUT2D eigenvalue weighted by atomic mass is 9.75. The highest BCUT2D eigenvalue weighted by Crippen LogP contribution is 2.35. The molecule has 0 fully saturated rings. The molecule has 0 aromatic heterocycles. The highest BCUT2D eigenvalue weighted by atomic mass is 14.3. The van der Waals surface area contributed by atoms with Crippen LogP contribution in [0.1, 0.15) is 69.2 Å². The van der Waals surface area contributed by atoms with Gasteiger partial charge in [-0.3, -0.25) is 0 Å². The van der Waals surface area contributed by atoms with Crippen molar-refractivity contribution in [2.45, 2.75) is 69.2 Å². The summed E-state index contributed by atoms with van der Waals surface area (Å²) < 4.78 is 0. The molecule has 0 aromatic rings. The molecule has 0 nitrogen and oxygen atoms in total. The second-order valence-corrected chi connectivity index (χ2v) is 5.26. The molecule has 0 saturated carbocycles. The van der Waals surface area contributed by atoms with Crippen molar-refractivity contribution in [3.05, 3.63) is 0 Å². The van der Waals surface area contributed by atoms with Crippen LogP contribution in [0.3, 0.4) is 0 Å². The lowest BCUT2D eigenvalue weighted by Crippen LogP contribution is -2.19. The lowest BCUT2D eigenvalue weighted by Gasteiger charge is -2.31. The average molecular weight is 174 g/mol. The Morgan fingerprint density at radius 3 is 1.25 bits per heavy atom. The van der Waals surface area contributed by atoms with Crippen LogP contribution in [0.15, 0.2) is 0 Å². The molecule has 0 saturated heterocycles. The predicted molar refractivity (Wildman–Crippen MR) is 61.6 cm³/mol. The highest BCUT2D eigenvalue weighted by molar-refractivity contribution is 4.74. The summed E-state index contributed by atoms with van der Waals surface area (Å²) in [5.41, 5.74) is 1.01. The van der Waals surface area contributed by atoms with Gasteiger partial charge in [-0.15, -0.1) is 0 Å². The van der Waals surface area contributed by atoms with Gasteiger partial charge in [-0.25, -0.2) is 0 Å². The largest absolute Gasteiger partial charge is 0.0776 e. The fraction of sp³-hybridized carbons (Fsp3) is 1.00. The Bertz CT molecular complexity index is 93.1. The lowest BCUT2D eigenvalue weighted by molar-refractivity contribution is 0.206. The van der Waals surface area contributed by atoms with E-state index in [0.717, 1.165) is 0 Å². The van der Waals surface area contributed by atoms with Crippen molar-refractivity contribution in [3.8, 4) is 0 Å². The van der Waals surface area contributed by atoms with Gasteiger partial charge < -0.3 is 0 Å². The van der Waals surface area contributed by atoms with E-state index in [1.165, 1.54) is 12.8 Å². The van der Waals surface area contributed by atoms with Gasteiger partial charge in [-0.05, 0) is 17.3 Å². The van der Waals surface area contributed by atoms with Crippen molar-refractivity contribution < 1.29 is 0 Å². The number of rotatable bonds is 2. The second kappa shape index (κ2) is 5.61. The summed E-state index contributed by atoms with van der Waals surface area (Å²) in [6.07, 6.45) is 2.60. The minimum absolute atomic E-state index is 0. The summed E-state index contributed by atoms with van der Waals surface area (Å²) in [4.78, 5) is 0. The molecule has 0 atom stereocenters. The van der Waals surface area contributed by atoms with Crippen molar-refractivity contribution >= 4 is 0 Å². The summed E-state index contributed by atoms with van der Waals surface area (Å²) in [7, 11) is 0. The Balaban J connectivity index is -0.000000405. The van der Waals surface area contributed by atoms with Gasteiger partial charge in [0.05, 0.1) is 0 Å². The Hall–Kier alpha value is 0. The van der Waals surface area contributed by atoms with Gasteiger partial charge in [0.1, 0.15) is 0 Å². The molecule has 0 bridgehead atoms. The van der Waals surface area contributed by atoms with Gasteiger partial charge in [-0.2, -0.15) is 0 Å². The molecule has 78 valence electrons. The summed E-state index contributed by atoms with van der Waals surface area (Å²) in [6.45, 7) is 13.9. The van der Waals surface area contributed by atoms with Crippen molar-refractivity contribution in [2.24, 2.45) is 10.8 Å². The van der Waals surface area contributed by atoms with Gasteiger partial charge in [0.2, 0.25) is 0 Å². The van der Waals surface area contributed by atoms with E-state index in [-0.39, 0.29) is 14.9 Å². The maximum absolute atomic E-state index is 2.35. The van der Waals surface area contributed by atoms with E-state index in [2.05, 4.69) is 41.5 Å². The molecule has 0 spiro atoms. The topological polar surface area (TPSA) is 0 Å². The molecule has 0 amide bonds. The molecule has 0 heteroatoms. The quantitative estimate of drug-likeness (QED) is 0.544. The zero-order valence-corrected chi connectivity index (χ0v) is 8.41. The molecule has 0 aliphatic heterocycles. The van der Waals surface area contributed by atoms with Gasteiger partial charge in [0.15, 0.2) is 0 Å². The van der Waals surface area contributed by atoms with Crippen molar-refractivity contribution in [3.63, 3.8) is 0 Å². The molecule has 12 heavy (non-hydrogen) atoms. The van der Waals surface area contributed by atoms with E-state index in [0.29, 0.717) is 10.8 Å². The first-order valence-electron chi connectivity index (χ1n) is 4.27. The zero-order chi connectivity index (χ0) is 8.41. The van der Waals surface area contributed by atoms with Crippen LogP contribution in [0.4, 0.5) is 0 Å². The van der Waals surface area contributed by atoms with Crippen LogP contribution in [0.25, 0.3) is 0 Å². The summed E-state index contributed by atoms with van der Waals surface area (Å²) in [6, 6.07) is 0. The summed E-state index contributed by atoms with van der Waals surface area (Å²) in [5, 5.41) is 0. The van der Waals surface area contributed by atoms with E-state index in [9.17, 15) is 0 Å². The van der Waals surface area contributed by atoms with Gasteiger partial charge in [-0.1, -0.05) is 62.8 Å². The molecule has 0 aliphatic rings. The number of hydrogen-bond donors (Lipinski definition) is 0. The monoisotopic (exact) mass is 174 g/mol. The summed E-state index contributed by atoms with van der Waals surface area (Å²) in [5.74, 6) is 0. The van der Waals surface area contributed by atoms with Crippen LogP contribution in [-0.4, -0.2) is 0 Å².